The summed E-state index contributed by atoms with van der Waals surface area (Å²) in [7, 11) is 1.51. The third kappa shape index (κ3) is 4.47. The van der Waals surface area contributed by atoms with Crippen molar-refractivity contribution in [2.45, 2.75) is 19.4 Å². The molecule has 2 N–H and O–H groups in total. The van der Waals surface area contributed by atoms with Gasteiger partial charge in [0.2, 0.25) is 5.91 Å². The van der Waals surface area contributed by atoms with Crippen molar-refractivity contribution in [3.63, 3.8) is 0 Å². The van der Waals surface area contributed by atoms with Crippen LogP contribution >= 0.6 is 0 Å². The summed E-state index contributed by atoms with van der Waals surface area (Å²) in [6.07, 6.45) is 0.172. The second-order valence-electron chi connectivity index (χ2n) is 6.18. The van der Waals surface area contributed by atoms with Gasteiger partial charge in [-0.25, -0.2) is 0 Å². The monoisotopic (exact) mass is 366 g/mol. The van der Waals surface area contributed by atoms with Gasteiger partial charge in [-0.15, -0.1) is 0 Å². The summed E-state index contributed by atoms with van der Waals surface area (Å²) in [6, 6.07) is 16.3. The predicted octanol–water partition coefficient (Wildman–Crippen LogP) is 3.44. The van der Waals surface area contributed by atoms with Crippen LogP contribution in [0.4, 0.5) is 0 Å². The first kappa shape index (κ1) is 18.5. The van der Waals surface area contributed by atoms with Gasteiger partial charge >= 0.3 is 0 Å². The van der Waals surface area contributed by atoms with Crippen molar-refractivity contribution in [2.24, 2.45) is 0 Å². The number of rotatable bonds is 7. The molecule has 140 valence electrons. The number of furan rings is 1. The first-order chi connectivity index (χ1) is 13.1. The standard InChI is InChI=1S/C21H22N2O4/c1-14(19-13-15-7-3-5-9-17(15)27-19)23-20(24)11-12-22-21(25)16-8-4-6-10-18(16)26-2/h3-10,13-14H,11-12H2,1-2H3,(H,22,25)(H,23,24). The molecule has 6 nitrogen and oxygen atoms in total. The zero-order valence-corrected chi connectivity index (χ0v) is 15.3. The Morgan fingerprint density at radius 2 is 1.85 bits per heavy atom. The summed E-state index contributed by atoms with van der Waals surface area (Å²) in [5, 5.41) is 6.62. The van der Waals surface area contributed by atoms with Crippen molar-refractivity contribution < 1.29 is 18.7 Å². The van der Waals surface area contributed by atoms with Gasteiger partial charge < -0.3 is 19.8 Å². The van der Waals surface area contributed by atoms with E-state index < -0.39 is 0 Å². The van der Waals surface area contributed by atoms with Crippen LogP contribution < -0.4 is 15.4 Å². The second-order valence-corrected chi connectivity index (χ2v) is 6.18. The molecular weight excluding hydrogens is 344 g/mol. The van der Waals surface area contributed by atoms with Crippen LogP contribution in [-0.4, -0.2) is 25.5 Å². The summed E-state index contributed by atoms with van der Waals surface area (Å²) in [4.78, 5) is 24.4. The summed E-state index contributed by atoms with van der Waals surface area (Å²) < 4.78 is 10.9. The minimum Gasteiger partial charge on any atom is -0.496 e. The van der Waals surface area contributed by atoms with Crippen LogP contribution in [0.3, 0.4) is 0 Å². The molecule has 3 rings (SSSR count). The quantitative estimate of drug-likeness (QED) is 0.671. The van der Waals surface area contributed by atoms with E-state index in [9.17, 15) is 9.59 Å². The predicted molar refractivity (Wildman–Crippen MR) is 103 cm³/mol. The van der Waals surface area contributed by atoms with Crippen molar-refractivity contribution in [3.8, 4) is 5.75 Å². The fourth-order valence-electron chi connectivity index (χ4n) is 2.82. The number of nitrogens with one attached hydrogen (secondary N) is 2. The van der Waals surface area contributed by atoms with Crippen LogP contribution in [0.5, 0.6) is 5.75 Å². The topological polar surface area (TPSA) is 80.6 Å². The number of carbonyl (C=O) groups is 2. The Balaban J connectivity index is 1.50. The largest absolute Gasteiger partial charge is 0.496 e. The fraction of sp³-hybridized carbons (Fsp3) is 0.238. The lowest BCUT2D eigenvalue weighted by Gasteiger charge is -2.12. The van der Waals surface area contributed by atoms with E-state index in [1.54, 1.807) is 24.3 Å². The molecule has 0 bridgehead atoms. The van der Waals surface area contributed by atoms with Gasteiger partial charge in [-0.2, -0.15) is 0 Å². The Bertz CT molecular complexity index is 915. The maximum absolute atomic E-state index is 12.2. The zero-order valence-electron chi connectivity index (χ0n) is 15.3. The second kappa shape index (κ2) is 8.40. The maximum atomic E-state index is 12.2. The van der Waals surface area contributed by atoms with Crippen LogP contribution in [0, 0.1) is 0 Å². The molecule has 2 amide bonds. The van der Waals surface area contributed by atoms with Gasteiger partial charge in [-0.05, 0) is 31.2 Å². The van der Waals surface area contributed by atoms with E-state index in [1.807, 2.05) is 37.3 Å². The number of ether oxygens (including phenoxy) is 1. The molecule has 3 aromatic rings. The van der Waals surface area contributed by atoms with Gasteiger partial charge in [0, 0.05) is 18.4 Å². The van der Waals surface area contributed by atoms with E-state index in [-0.39, 0.29) is 30.8 Å². The van der Waals surface area contributed by atoms with Crippen LogP contribution in [0.2, 0.25) is 0 Å². The molecule has 0 fully saturated rings. The van der Waals surface area contributed by atoms with E-state index in [0.717, 1.165) is 11.0 Å². The van der Waals surface area contributed by atoms with E-state index in [2.05, 4.69) is 10.6 Å². The molecule has 1 atom stereocenters. The Hall–Kier alpha value is -3.28. The molecule has 1 unspecified atom stereocenters. The normalized spacial score (nSPS) is 11.8. The van der Waals surface area contributed by atoms with Crippen molar-refractivity contribution in [3.05, 3.63) is 65.9 Å². The molecule has 0 spiro atoms. The molecular formula is C21H22N2O4. The van der Waals surface area contributed by atoms with E-state index in [4.69, 9.17) is 9.15 Å². The van der Waals surface area contributed by atoms with Gasteiger partial charge in [-0.3, -0.25) is 9.59 Å². The molecule has 0 saturated heterocycles. The molecule has 6 heteroatoms. The average Bonchev–Trinajstić information content (AvgIpc) is 3.12. The minimum absolute atomic E-state index is 0.164. The SMILES string of the molecule is COc1ccccc1C(=O)NCCC(=O)NC(C)c1cc2ccccc2o1. The lowest BCUT2D eigenvalue weighted by Crippen LogP contribution is -2.32. The van der Waals surface area contributed by atoms with Crippen LogP contribution in [0.25, 0.3) is 11.0 Å². The zero-order chi connectivity index (χ0) is 19.2. The van der Waals surface area contributed by atoms with Gasteiger partial charge in [0.1, 0.15) is 17.1 Å². The first-order valence-corrected chi connectivity index (χ1v) is 8.77. The number of methoxy groups -OCH3 is 1. The lowest BCUT2D eigenvalue weighted by molar-refractivity contribution is -0.121. The summed E-state index contributed by atoms with van der Waals surface area (Å²) >= 11 is 0. The first-order valence-electron chi connectivity index (χ1n) is 8.77. The molecule has 1 heterocycles. The summed E-state index contributed by atoms with van der Waals surface area (Å²) in [5.41, 5.74) is 1.23. The minimum atomic E-state index is -0.273. The number of para-hydroxylation sites is 2. The lowest BCUT2D eigenvalue weighted by atomic mass is 10.2. The fourth-order valence-corrected chi connectivity index (χ4v) is 2.82. The molecule has 2 aromatic carbocycles. The Morgan fingerprint density at radius 1 is 1.11 bits per heavy atom. The summed E-state index contributed by atoms with van der Waals surface area (Å²) in [6.45, 7) is 2.10. The van der Waals surface area contributed by atoms with Gasteiger partial charge in [0.05, 0.1) is 18.7 Å². The Kier molecular flexibility index (Phi) is 5.76. The molecule has 0 radical (unpaired) electrons. The van der Waals surface area contributed by atoms with E-state index >= 15 is 0 Å². The van der Waals surface area contributed by atoms with Crippen molar-refractivity contribution >= 4 is 22.8 Å². The van der Waals surface area contributed by atoms with Crippen molar-refractivity contribution in [1.29, 1.82) is 0 Å². The number of benzene rings is 2. The van der Waals surface area contributed by atoms with E-state index in [1.165, 1.54) is 7.11 Å². The average molecular weight is 366 g/mol. The van der Waals surface area contributed by atoms with Gasteiger partial charge in [-0.1, -0.05) is 30.3 Å². The van der Waals surface area contributed by atoms with Crippen LogP contribution in [0.1, 0.15) is 35.5 Å². The number of carbonyl (C=O) groups excluding carboxylic acids is 2. The smallest absolute Gasteiger partial charge is 0.255 e. The molecule has 27 heavy (non-hydrogen) atoms. The third-order valence-corrected chi connectivity index (χ3v) is 4.24. The van der Waals surface area contributed by atoms with Crippen molar-refractivity contribution in [1.82, 2.24) is 10.6 Å². The number of amides is 2. The van der Waals surface area contributed by atoms with Crippen molar-refractivity contribution in [2.75, 3.05) is 13.7 Å². The highest BCUT2D eigenvalue weighted by Gasteiger charge is 2.15. The van der Waals surface area contributed by atoms with Gasteiger partial charge in [0.25, 0.3) is 5.91 Å². The Morgan fingerprint density at radius 3 is 2.63 bits per heavy atom. The summed E-state index contributed by atoms with van der Waals surface area (Å²) in [5.74, 6) is 0.759. The number of hydrogen-bond acceptors (Lipinski definition) is 4. The molecule has 0 saturated carbocycles. The molecule has 0 aliphatic heterocycles. The van der Waals surface area contributed by atoms with Crippen LogP contribution in [-0.2, 0) is 4.79 Å². The number of hydrogen-bond donors (Lipinski definition) is 2. The molecule has 0 aliphatic carbocycles. The van der Waals surface area contributed by atoms with Crippen LogP contribution in [0.15, 0.2) is 59.0 Å². The maximum Gasteiger partial charge on any atom is 0.255 e. The highest BCUT2D eigenvalue weighted by molar-refractivity contribution is 5.97. The number of fused-ring (bicyclic) bond motifs is 1. The van der Waals surface area contributed by atoms with E-state index in [0.29, 0.717) is 17.1 Å². The van der Waals surface area contributed by atoms with Gasteiger partial charge in [0.15, 0.2) is 0 Å². The highest BCUT2D eigenvalue weighted by atomic mass is 16.5. The molecule has 1 aromatic heterocycles. The highest BCUT2D eigenvalue weighted by Crippen LogP contribution is 2.23. The third-order valence-electron chi connectivity index (χ3n) is 4.24. The molecule has 0 aliphatic rings. The Labute approximate surface area is 157 Å².